The largest absolute Gasteiger partial charge is 0.439 e. The maximum atomic E-state index is 5.90. The van der Waals surface area contributed by atoms with Crippen molar-refractivity contribution in [3.63, 3.8) is 0 Å². The minimum Gasteiger partial charge on any atom is -0.439 e. The van der Waals surface area contributed by atoms with E-state index in [4.69, 9.17) is 22.7 Å². The Hall–Kier alpha value is -1.94. The second-order valence-corrected chi connectivity index (χ2v) is 6.04. The van der Waals surface area contributed by atoms with Gasteiger partial charge < -0.3 is 10.5 Å². The molecule has 0 saturated carbocycles. The average Bonchev–Trinajstić information content (AvgIpc) is 2.38. The van der Waals surface area contributed by atoms with Gasteiger partial charge in [0.25, 0.3) is 0 Å². The van der Waals surface area contributed by atoms with E-state index < -0.39 is 0 Å². The molecule has 4 heteroatoms. The fourth-order valence-corrected chi connectivity index (χ4v) is 2.03. The molecule has 3 nitrogen and oxygen atoms in total. The number of hydrogen-bond donors (Lipinski definition) is 1. The Balaban J connectivity index is 2.36. The molecule has 0 amide bonds. The van der Waals surface area contributed by atoms with E-state index in [1.165, 1.54) is 0 Å². The van der Waals surface area contributed by atoms with Crippen LogP contribution < -0.4 is 10.5 Å². The van der Waals surface area contributed by atoms with Gasteiger partial charge in [0, 0.05) is 23.4 Å². The van der Waals surface area contributed by atoms with Crippen LogP contribution in [0.4, 0.5) is 0 Å². The van der Waals surface area contributed by atoms with Crippen molar-refractivity contribution in [2.75, 3.05) is 0 Å². The smallest absolute Gasteiger partial charge is 0.219 e. The summed E-state index contributed by atoms with van der Waals surface area (Å²) >= 11 is 4.97. The minimum atomic E-state index is -0.00261. The van der Waals surface area contributed by atoms with E-state index in [1.807, 2.05) is 18.2 Å². The normalized spacial score (nSPS) is 11.2. The van der Waals surface area contributed by atoms with Gasteiger partial charge in [-0.05, 0) is 17.5 Å². The Labute approximate surface area is 124 Å². The second kappa shape index (κ2) is 5.59. The third kappa shape index (κ3) is 3.33. The molecule has 0 saturated heterocycles. The number of hydrogen-bond acceptors (Lipinski definition) is 3. The SMILES string of the molecule is CC(C)(C)c1ccccc1Oc1cc(C(N)=S)ccn1. The molecule has 2 N–H and O–H groups in total. The Bertz CT molecular complexity index is 632. The molecule has 0 radical (unpaired) electrons. The highest BCUT2D eigenvalue weighted by molar-refractivity contribution is 7.80. The fraction of sp³-hybridized carbons (Fsp3) is 0.250. The first kappa shape index (κ1) is 14.5. The van der Waals surface area contributed by atoms with Crippen molar-refractivity contribution in [2.24, 2.45) is 5.73 Å². The molecule has 0 spiro atoms. The van der Waals surface area contributed by atoms with Gasteiger partial charge in [-0.1, -0.05) is 51.2 Å². The molecule has 0 aliphatic rings. The summed E-state index contributed by atoms with van der Waals surface area (Å²) in [7, 11) is 0. The maximum Gasteiger partial charge on any atom is 0.219 e. The molecule has 1 heterocycles. The number of pyridine rings is 1. The van der Waals surface area contributed by atoms with E-state index in [-0.39, 0.29) is 5.41 Å². The van der Waals surface area contributed by atoms with Gasteiger partial charge in [0.05, 0.1) is 0 Å². The van der Waals surface area contributed by atoms with Crippen LogP contribution in [-0.4, -0.2) is 9.97 Å². The third-order valence-corrected chi connectivity index (χ3v) is 3.16. The first-order valence-corrected chi connectivity index (χ1v) is 6.82. The summed E-state index contributed by atoms with van der Waals surface area (Å²) < 4.78 is 5.90. The van der Waals surface area contributed by atoms with Crippen molar-refractivity contribution >= 4 is 17.2 Å². The summed E-state index contributed by atoms with van der Waals surface area (Å²) in [6, 6.07) is 11.5. The van der Waals surface area contributed by atoms with Gasteiger partial charge in [-0.25, -0.2) is 4.98 Å². The number of nitrogens with zero attached hydrogens (tertiary/aromatic N) is 1. The predicted octanol–water partition coefficient (Wildman–Crippen LogP) is 3.81. The zero-order chi connectivity index (χ0) is 14.8. The number of nitrogens with two attached hydrogens (primary N) is 1. The highest BCUT2D eigenvalue weighted by atomic mass is 32.1. The van der Waals surface area contributed by atoms with Gasteiger partial charge in [-0.15, -0.1) is 0 Å². The number of thiocarbonyl (C=S) groups is 1. The molecular formula is C16H18N2OS. The van der Waals surface area contributed by atoms with Crippen LogP contribution in [0.2, 0.25) is 0 Å². The Morgan fingerprint density at radius 1 is 1.20 bits per heavy atom. The molecule has 2 aromatic rings. The van der Waals surface area contributed by atoms with E-state index >= 15 is 0 Å². The Kier molecular flexibility index (Phi) is 4.04. The molecule has 0 aliphatic heterocycles. The zero-order valence-corrected chi connectivity index (χ0v) is 12.7. The summed E-state index contributed by atoms with van der Waals surface area (Å²) in [6.07, 6.45) is 1.64. The van der Waals surface area contributed by atoms with Crippen molar-refractivity contribution in [3.05, 3.63) is 53.7 Å². The topological polar surface area (TPSA) is 48.1 Å². The van der Waals surface area contributed by atoms with Crippen LogP contribution in [0.3, 0.4) is 0 Å². The highest BCUT2D eigenvalue weighted by Crippen LogP contribution is 2.33. The molecular weight excluding hydrogens is 268 g/mol. The zero-order valence-electron chi connectivity index (χ0n) is 11.9. The van der Waals surface area contributed by atoms with Crippen molar-refractivity contribution in [1.82, 2.24) is 4.98 Å². The second-order valence-electron chi connectivity index (χ2n) is 5.60. The minimum absolute atomic E-state index is 0.00261. The lowest BCUT2D eigenvalue weighted by molar-refractivity contribution is 0.440. The van der Waals surface area contributed by atoms with Gasteiger partial charge in [-0.2, -0.15) is 0 Å². The van der Waals surface area contributed by atoms with Crippen LogP contribution in [0.25, 0.3) is 0 Å². The van der Waals surface area contributed by atoms with Crippen molar-refractivity contribution in [2.45, 2.75) is 26.2 Å². The van der Waals surface area contributed by atoms with Gasteiger partial charge in [0.1, 0.15) is 10.7 Å². The average molecular weight is 286 g/mol. The van der Waals surface area contributed by atoms with Gasteiger partial charge >= 0.3 is 0 Å². The number of benzene rings is 1. The summed E-state index contributed by atoms with van der Waals surface area (Å²) in [5.74, 6) is 1.29. The molecule has 0 bridgehead atoms. The number of para-hydroxylation sites is 1. The van der Waals surface area contributed by atoms with Crippen molar-refractivity contribution in [1.29, 1.82) is 0 Å². The summed E-state index contributed by atoms with van der Waals surface area (Å²) in [6.45, 7) is 6.44. The summed E-state index contributed by atoms with van der Waals surface area (Å²) in [5, 5.41) is 0. The molecule has 1 aromatic heterocycles. The lowest BCUT2D eigenvalue weighted by Gasteiger charge is -2.22. The molecule has 0 aliphatic carbocycles. The van der Waals surface area contributed by atoms with E-state index in [0.29, 0.717) is 10.9 Å². The molecule has 0 unspecified atom stereocenters. The maximum absolute atomic E-state index is 5.90. The number of rotatable bonds is 3. The first-order chi connectivity index (χ1) is 9.38. The van der Waals surface area contributed by atoms with Crippen LogP contribution >= 0.6 is 12.2 Å². The van der Waals surface area contributed by atoms with Gasteiger partial charge in [0.15, 0.2) is 0 Å². The molecule has 20 heavy (non-hydrogen) atoms. The van der Waals surface area contributed by atoms with Crippen molar-refractivity contribution in [3.8, 4) is 11.6 Å². The number of ether oxygens (including phenoxy) is 1. The quantitative estimate of drug-likeness (QED) is 0.872. The molecule has 0 fully saturated rings. The third-order valence-electron chi connectivity index (χ3n) is 2.93. The van der Waals surface area contributed by atoms with Crippen molar-refractivity contribution < 1.29 is 4.74 Å². The van der Waals surface area contributed by atoms with Gasteiger partial charge in [-0.3, -0.25) is 0 Å². The number of aromatic nitrogens is 1. The van der Waals surface area contributed by atoms with Crippen LogP contribution in [-0.2, 0) is 5.41 Å². The van der Waals surface area contributed by atoms with Crippen LogP contribution in [0.15, 0.2) is 42.6 Å². The first-order valence-electron chi connectivity index (χ1n) is 6.41. The van der Waals surface area contributed by atoms with E-state index in [0.717, 1.165) is 16.9 Å². The predicted molar refractivity (Wildman–Crippen MR) is 85.3 cm³/mol. The lowest BCUT2D eigenvalue weighted by Crippen LogP contribution is -2.13. The highest BCUT2D eigenvalue weighted by Gasteiger charge is 2.19. The molecule has 104 valence electrons. The summed E-state index contributed by atoms with van der Waals surface area (Å²) in [5.41, 5.74) is 7.50. The standard InChI is InChI=1S/C16H18N2OS/c1-16(2,3)12-6-4-5-7-13(12)19-14-10-11(15(17)20)8-9-18-14/h4-10H,1-3H3,(H2,17,20). The Morgan fingerprint density at radius 2 is 1.90 bits per heavy atom. The molecule has 0 atom stereocenters. The molecule has 1 aromatic carbocycles. The van der Waals surface area contributed by atoms with Crippen LogP contribution in [0.5, 0.6) is 11.6 Å². The van der Waals surface area contributed by atoms with E-state index in [2.05, 4.69) is 31.8 Å². The fourth-order valence-electron chi connectivity index (χ4n) is 1.91. The lowest BCUT2D eigenvalue weighted by atomic mass is 9.86. The van der Waals surface area contributed by atoms with Crippen LogP contribution in [0, 0.1) is 0 Å². The van der Waals surface area contributed by atoms with E-state index in [1.54, 1.807) is 18.3 Å². The summed E-state index contributed by atoms with van der Waals surface area (Å²) in [4.78, 5) is 4.54. The van der Waals surface area contributed by atoms with E-state index in [9.17, 15) is 0 Å². The molecule has 2 rings (SSSR count). The van der Waals surface area contributed by atoms with Gasteiger partial charge in [0.2, 0.25) is 5.88 Å². The Morgan fingerprint density at radius 3 is 2.55 bits per heavy atom. The monoisotopic (exact) mass is 286 g/mol. The van der Waals surface area contributed by atoms with Crippen LogP contribution in [0.1, 0.15) is 31.9 Å².